The highest BCUT2D eigenvalue weighted by molar-refractivity contribution is 6.31. The minimum atomic E-state index is -0.127. The summed E-state index contributed by atoms with van der Waals surface area (Å²) in [5.41, 5.74) is 4.55. The van der Waals surface area contributed by atoms with Crippen LogP contribution < -0.4 is 4.74 Å². The van der Waals surface area contributed by atoms with E-state index in [1.807, 2.05) is 33.8 Å². The number of aromatic nitrogens is 3. The molecule has 0 N–H and O–H groups in total. The summed E-state index contributed by atoms with van der Waals surface area (Å²) in [7, 11) is 1.55. The maximum Gasteiger partial charge on any atom is 0.258 e. The molecule has 156 valence electrons. The number of ether oxygens (including phenoxy) is 1. The maximum atomic E-state index is 13.3. The van der Waals surface area contributed by atoms with E-state index < -0.39 is 0 Å². The molecule has 5 rings (SSSR count). The third-order valence-corrected chi connectivity index (χ3v) is 5.77. The monoisotopic (exact) mass is 432 g/mol. The second-order valence-corrected chi connectivity index (χ2v) is 8.03. The van der Waals surface area contributed by atoms with Crippen LogP contribution in [0.3, 0.4) is 0 Å². The van der Waals surface area contributed by atoms with Crippen LogP contribution in [-0.4, -0.2) is 32.3 Å². The van der Waals surface area contributed by atoms with E-state index >= 15 is 0 Å². The third-order valence-electron chi connectivity index (χ3n) is 5.54. The van der Waals surface area contributed by atoms with E-state index in [1.54, 1.807) is 30.2 Å². The molecule has 0 saturated carbocycles. The molecule has 0 bridgehead atoms. The molecule has 2 aromatic heterocycles. The van der Waals surface area contributed by atoms with Gasteiger partial charge in [0.15, 0.2) is 0 Å². The van der Waals surface area contributed by atoms with Crippen LogP contribution in [0.4, 0.5) is 0 Å². The molecule has 0 aliphatic carbocycles. The Labute approximate surface area is 185 Å². The van der Waals surface area contributed by atoms with Crippen molar-refractivity contribution in [2.24, 2.45) is 0 Å². The Bertz CT molecular complexity index is 1260. The molecule has 31 heavy (non-hydrogen) atoms. The number of halogens is 1. The van der Waals surface area contributed by atoms with E-state index in [2.05, 4.69) is 31.2 Å². The number of hydrogen-bond donors (Lipinski definition) is 0. The molecule has 2 aromatic carbocycles. The molecule has 0 spiro atoms. The summed E-state index contributed by atoms with van der Waals surface area (Å²) in [6, 6.07) is 17.3. The maximum absolute atomic E-state index is 13.3. The van der Waals surface area contributed by atoms with Crippen molar-refractivity contribution >= 4 is 17.5 Å². The summed E-state index contributed by atoms with van der Waals surface area (Å²) in [5.74, 6) is 1.32. The Morgan fingerprint density at radius 1 is 1.06 bits per heavy atom. The van der Waals surface area contributed by atoms with Crippen LogP contribution in [0.5, 0.6) is 5.75 Å². The predicted octanol–water partition coefficient (Wildman–Crippen LogP) is 4.79. The van der Waals surface area contributed by atoms with Gasteiger partial charge in [0.1, 0.15) is 11.6 Å². The highest BCUT2D eigenvalue weighted by atomic mass is 35.5. The first-order valence-electron chi connectivity index (χ1n) is 9.99. The number of rotatable bonds is 4. The summed E-state index contributed by atoms with van der Waals surface area (Å²) in [6.07, 6.45) is 3.99. The van der Waals surface area contributed by atoms with Gasteiger partial charge in [-0.1, -0.05) is 29.3 Å². The number of amides is 1. The van der Waals surface area contributed by atoms with Gasteiger partial charge in [0.05, 0.1) is 37.1 Å². The highest BCUT2D eigenvalue weighted by Gasteiger charge is 2.32. The van der Waals surface area contributed by atoms with Crippen LogP contribution in [0, 0.1) is 6.92 Å². The molecule has 1 aliphatic heterocycles. The molecule has 0 atom stereocenters. The topological polar surface area (TPSA) is 52.3 Å². The van der Waals surface area contributed by atoms with Crippen molar-refractivity contribution < 1.29 is 9.53 Å². The van der Waals surface area contributed by atoms with E-state index in [9.17, 15) is 4.79 Å². The predicted molar refractivity (Wildman–Crippen MR) is 119 cm³/mol. The number of benzene rings is 2. The van der Waals surface area contributed by atoms with Crippen molar-refractivity contribution in [2.75, 3.05) is 7.11 Å². The Morgan fingerprint density at radius 3 is 2.52 bits per heavy atom. The van der Waals surface area contributed by atoms with Gasteiger partial charge in [0.25, 0.3) is 5.91 Å². The number of hydrogen-bond acceptors (Lipinski definition) is 3. The lowest BCUT2D eigenvalue weighted by atomic mass is 10.1. The fraction of sp³-hybridized carbons (Fsp3) is 0.167. The molecular formula is C24H21ClN4O2. The third kappa shape index (κ3) is 3.39. The van der Waals surface area contributed by atoms with Crippen LogP contribution in [0.15, 0.2) is 67.0 Å². The van der Waals surface area contributed by atoms with Crippen LogP contribution in [0.2, 0.25) is 5.02 Å². The first-order valence-corrected chi connectivity index (χ1v) is 10.4. The summed E-state index contributed by atoms with van der Waals surface area (Å²) in [6.45, 7) is 2.95. The van der Waals surface area contributed by atoms with Crippen LogP contribution >= 0.6 is 11.6 Å². The van der Waals surface area contributed by atoms with Crippen molar-refractivity contribution in [1.29, 1.82) is 0 Å². The number of carbonyl (C=O) groups is 1. The minimum Gasteiger partial charge on any atom is -0.496 e. The van der Waals surface area contributed by atoms with E-state index in [0.29, 0.717) is 29.4 Å². The first-order chi connectivity index (χ1) is 15.0. The second kappa shape index (κ2) is 7.63. The molecular weight excluding hydrogens is 412 g/mol. The van der Waals surface area contributed by atoms with Crippen molar-refractivity contribution in [3.8, 4) is 17.3 Å². The summed E-state index contributed by atoms with van der Waals surface area (Å²) >= 11 is 6.14. The van der Waals surface area contributed by atoms with Crippen molar-refractivity contribution in [3.63, 3.8) is 0 Å². The molecule has 0 radical (unpaired) electrons. The van der Waals surface area contributed by atoms with E-state index in [4.69, 9.17) is 21.4 Å². The number of aryl methyl sites for hydroxylation is 1. The molecule has 7 heteroatoms. The fourth-order valence-corrected chi connectivity index (χ4v) is 4.14. The normalized spacial score (nSPS) is 12.8. The van der Waals surface area contributed by atoms with Gasteiger partial charge >= 0.3 is 0 Å². The Hall–Kier alpha value is -3.51. The van der Waals surface area contributed by atoms with Gasteiger partial charge in [0.2, 0.25) is 0 Å². The summed E-state index contributed by atoms with van der Waals surface area (Å²) in [4.78, 5) is 15.1. The molecule has 0 fully saturated rings. The van der Waals surface area contributed by atoms with Crippen molar-refractivity contribution in [3.05, 3.63) is 94.4 Å². The second-order valence-electron chi connectivity index (χ2n) is 7.59. The molecule has 6 nitrogen and oxygen atoms in total. The number of methoxy groups -OCH3 is 1. The lowest BCUT2D eigenvalue weighted by Gasteiger charge is -2.19. The quantitative estimate of drug-likeness (QED) is 0.466. The van der Waals surface area contributed by atoms with Gasteiger partial charge in [-0.3, -0.25) is 4.79 Å². The van der Waals surface area contributed by atoms with Crippen LogP contribution in [-0.2, 0) is 13.1 Å². The fourth-order valence-electron chi connectivity index (χ4n) is 3.97. The van der Waals surface area contributed by atoms with Crippen molar-refractivity contribution in [1.82, 2.24) is 19.2 Å². The molecule has 0 unspecified atom stereocenters. The van der Waals surface area contributed by atoms with Crippen LogP contribution in [0.1, 0.15) is 27.2 Å². The van der Waals surface area contributed by atoms with E-state index in [-0.39, 0.29) is 5.91 Å². The van der Waals surface area contributed by atoms with Gasteiger partial charge in [-0.05, 0) is 49.4 Å². The number of nitrogens with zero attached hydrogens (tertiary/aromatic N) is 4. The Kier molecular flexibility index (Phi) is 4.79. The van der Waals surface area contributed by atoms with Crippen molar-refractivity contribution in [2.45, 2.75) is 20.0 Å². The van der Waals surface area contributed by atoms with E-state index in [1.165, 1.54) is 5.56 Å². The van der Waals surface area contributed by atoms with Gasteiger partial charge in [0, 0.05) is 23.0 Å². The lowest BCUT2D eigenvalue weighted by Crippen LogP contribution is -2.27. The zero-order valence-corrected chi connectivity index (χ0v) is 18.0. The lowest BCUT2D eigenvalue weighted by molar-refractivity contribution is 0.0746. The molecule has 0 saturated heterocycles. The Morgan fingerprint density at radius 2 is 1.81 bits per heavy atom. The summed E-state index contributed by atoms with van der Waals surface area (Å²) in [5, 5.41) is 5.38. The van der Waals surface area contributed by atoms with Gasteiger partial charge < -0.3 is 14.2 Å². The standard InChI is InChI=1S/C24H21ClN4O2/c1-16-5-8-18(9-6-16)29-23(27-11-3-4-12-27)20-14-28(15-21(20)26-29)24(30)19-13-17(25)7-10-22(19)31-2/h3-13H,14-15H2,1-2H3. The average molecular weight is 433 g/mol. The molecule has 1 aliphatic rings. The average Bonchev–Trinajstić information content (AvgIpc) is 3.50. The molecule has 1 amide bonds. The van der Waals surface area contributed by atoms with Gasteiger partial charge in [-0.2, -0.15) is 5.10 Å². The molecule has 4 aromatic rings. The zero-order chi connectivity index (χ0) is 21.5. The molecule has 3 heterocycles. The minimum absolute atomic E-state index is 0.127. The zero-order valence-electron chi connectivity index (χ0n) is 17.2. The SMILES string of the molecule is COc1ccc(Cl)cc1C(=O)N1Cc2nn(-c3ccc(C)cc3)c(-n3cccc3)c2C1. The number of carbonyl (C=O) groups excluding carboxylic acids is 1. The Balaban J connectivity index is 1.54. The number of fused-ring (bicyclic) bond motifs is 1. The van der Waals surface area contributed by atoms with Gasteiger partial charge in [-0.15, -0.1) is 0 Å². The van der Waals surface area contributed by atoms with Gasteiger partial charge in [-0.25, -0.2) is 4.68 Å². The van der Waals surface area contributed by atoms with E-state index in [0.717, 1.165) is 22.8 Å². The summed E-state index contributed by atoms with van der Waals surface area (Å²) < 4.78 is 9.37. The van der Waals surface area contributed by atoms with Crippen LogP contribution in [0.25, 0.3) is 11.5 Å². The largest absolute Gasteiger partial charge is 0.496 e. The first kappa shape index (κ1) is 19.5. The highest BCUT2D eigenvalue weighted by Crippen LogP contribution is 2.33. The smallest absolute Gasteiger partial charge is 0.258 e.